The fraction of sp³-hybridized carbons (Fsp3) is 0.533. The van der Waals surface area contributed by atoms with Crippen molar-refractivity contribution in [1.29, 1.82) is 0 Å². The van der Waals surface area contributed by atoms with E-state index in [0.717, 1.165) is 11.1 Å². The van der Waals surface area contributed by atoms with Gasteiger partial charge in [0.2, 0.25) is 0 Å². The Morgan fingerprint density at radius 2 is 1.88 bits per heavy atom. The zero-order valence-corrected chi connectivity index (χ0v) is 10.8. The van der Waals surface area contributed by atoms with Crippen LogP contribution in [-0.4, -0.2) is 5.78 Å². The monoisotopic (exact) mass is 248 g/mol. The van der Waals surface area contributed by atoms with Crippen molar-refractivity contribution in [2.24, 2.45) is 17.8 Å². The van der Waals surface area contributed by atoms with Crippen molar-refractivity contribution in [2.45, 2.75) is 32.6 Å². The standard InChI is InChI=1S/C15H17ClO/c1-9-6-7-10(8-13(9)16)15(17)14-11-4-2-3-5-12(11)14/h6-8,11-12,14H,2-5H2,1H3. The summed E-state index contributed by atoms with van der Waals surface area (Å²) in [6.45, 7) is 1.97. The molecule has 0 spiro atoms. The van der Waals surface area contributed by atoms with Crippen molar-refractivity contribution in [3.05, 3.63) is 34.3 Å². The minimum Gasteiger partial charge on any atom is -0.294 e. The smallest absolute Gasteiger partial charge is 0.166 e. The van der Waals surface area contributed by atoms with E-state index in [-0.39, 0.29) is 0 Å². The Labute approximate surface area is 107 Å². The Hall–Kier alpha value is -0.820. The summed E-state index contributed by atoms with van der Waals surface area (Å²) in [5.74, 6) is 1.98. The topological polar surface area (TPSA) is 17.1 Å². The Kier molecular flexibility index (Phi) is 2.74. The summed E-state index contributed by atoms with van der Waals surface area (Å²) in [5, 5.41) is 0.708. The van der Waals surface area contributed by atoms with Crippen LogP contribution in [0.4, 0.5) is 0 Å². The van der Waals surface area contributed by atoms with Gasteiger partial charge in [-0.1, -0.05) is 36.6 Å². The fourth-order valence-electron chi connectivity index (χ4n) is 3.32. The molecule has 0 aromatic heterocycles. The van der Waals surface area contributed by atoms with Crippen LogP contribution in [0, 0.1) is 24.7 Å². The third-order valence-corrected chi connectivity index (χ3v) is 4.82. The third kappa shape index (κ3) is 1.91. The van der Waals surface area contributed by atoms with Gasteiger partial charge in [-0.15, -0.1) is 0 Å². The number of hydrogen-bond donors (Lipinski definition) is 0. The minimum atomic E-state index is 0.302. The van der Waals surface area contributed by atoms with E-state index in [1.54, 1.807) is 0 Å². The average molecular weight is 249 g/mol. The van der Waals surface area contributed by atoms with Crippen molar-refractivity contribution in [2.75, 3.05) is 0 Å². The number of carbonyl (C=O) groups is 1. The van der Waals surface area contributed by atoms with Crippen LogP contribution in [0.25, 0.3) is 0 Å². The summed E-state index contributed by atoms with van der Waals surface area (Å²) in [6.07, 6.45) is 5.11. The van der Waals surface area contributed by atoms with Gasteiger partial charge in [-0.3, -0.25) is 4.79 Å². The normalized spacial score (nSPS) is 30.8. The van der Waals surface area contributed by atoms with Gasteiger partial charge in [-0.2, -0.15) is 0 Å². The first kappa shape index (κ1) is 11.3. The van der Waals surface area contributed by atoms with Crippen molar-refractivity contribution >= 4 is 17.4 Å². The van der Waals surface area contributed by atoms with Gasteiger partial charge in [0.25, 0.3) is 0 Å². The lowest BCUT2D eigenvalue weighted by Crippen LogP contribution is -2.04. The van der Waals surface area contributed by atoms with E-state index in [4.69, 9.17) is 11.6 Å². The second-order valence-electron chi connectivity index (χ2n) is 5.47. The van der Waals surface area contributed by atoms with Gasteiger partial charge < -0.3 is 0 Å². The fourth-order valence-corrected chi connectivity index (χ4v) is 3.50. The summed E-state index contributed by atoms with van der Waals surface area (Å²) < 4.78 is 0. The number of Topliss-reactive ketones (excluding diaryl/α,β-unsaturated/α-hetero) is 1. The molecule has 1 nitrogen and oxygen atoms in total. The number of benzene rings is 1. The quantitative estimate of drug-likeness (QED) is 0.715. The van der Waals surface area contributed by atoms with Crippen LogP contribution in [0.15, 0.2) is 18.2 Å². The molecule has 1 aromatic rings. The molecule has 0 N–H and O–H groups in total. The highest BCUT2D eigenvalue weighted by Crippen LogP contribution is 2.56. The van der Waals surface area contributed by atoms with Gasteiger partial charge in [0, 0.05) is 16.5 Å². The number of fused-ring (bicyclic) bond motifs is 1. The van der Waals surface area contributed by atoms with Crippen LogP contribution in [0.3, 0.4) is 0 Å². The first-order chi connectivity index (χ1) is 8.18. The van der Waals surface area contributed by atoms with Gasteiger partial charge in [0.1, 0.15) is 0 Å². The van der Waals surface area contributed by atoms with Crippen molar-refractivity contribution in [1.82, 2.24) is 0 Å². The molecule has 2 aliphatic rings. The summed E-state index contributed by atoms with van der Waals surface area (Å²) in [4.78, 5) is 12.4. The van der Waals surface area contributed by atoms with Crippen molar-refractivity contribution < 1.29 is 4.79 Å². The Morgan fingerprint density at radius 1 is 1.24 bits per heavy atom. The minimum absolute atomic E-state index is 0.302. The van der Waals surface area contributed by atoms with Gasteiger partial charge in [0.15, 0.2) is 5.78 Å². The van der Waals surface area contributed by atoms with E-state index in [1.807, 2.05) is 25.1 Å². The predicted molar refractivity (Wildman–Crippen MR) is 69.5 cm³/mol. The molecule has 0 bridgehead atoms. The van der Waals surface area contributed by atoms with E-state index in [9.17, 15) is 4.79 Å². The Bertz CT molecular complexity index is 454. The molecular formula is C15H17ClO. The second-order valence-corrected chi connectivity index (χ2v) is 5.87. The summed E-state index contributed by atoms with van der Waals surface area (Å²) in [7, 11) is 0. The second kappa shape index (κ2) is 4.13. The van der Waals surface area contributed by atoms with Crippen LogP contribution in [0.5, 0.6) is 0 Å². The zero-order valence-electron chi connectivity index (χ0n) is 10.1. The maximum Gasteiger partial charge on any atom is 0.166 e. The number of rotatable bonds is 2. The molecule has 3 rings (SSSR count). The van der Waals surface area contributed by atoms with E-state index < -0.39 is 0 Å². The largest absolute Gasteiger partial charge is 0.294 e. The molecule has 2 atom stereocenters. The number of hydrogen-bond acceptors (Lipinski definition) is 1. The number of halogens is 1. The first-order valence-electron chi connectivity index (χ1n) is 6.49. The van der Waals surface area contributed by atoms with Crippen molar-refractivity contribution in [3.8, 4) is 0 Å². The SMILES string of the molecule is Cc1ccc(C(=O)C2C3CCCCC32)cc1Cl. The lowest BCUT2D eigenvalue weighted by molar-refractivity contribution is 0.0956. The summed E-state index contributed by atoms with van der Waals surface area (Å²) in [6, 6.07) is 5.71. The highest BCUT2D eigenvalue weighted by molar-refractivity contribution is 6.31. The molecular weight excluding hydrogens is 232 g/mol. The highest BCUT2D eigenvalue weighted by Gasteiger charge is 2.54. The van der Waals surface area contributed by atoms with Crippen molar-refractivity contribution in [3.63, 3.8) is 0 Å². The zero-order chi connectivity index (χ0) is 12.0. The van der Waals surface area contributed by atoms with Gasteiger partial charge in [-0.25, -0.2) is 0 Å². The van der Waals surface area contributed by atoms with E-state index >= 15 is 0 Å². The molecule has 2 unspecified atom stereocenters. The first-order valence-corrected chi connectivity index (χ1v) is 6.86. The molecule has 0 saturated heterocycles. The van der Waals surface area contributed by atoms with E-state index in [0.29, 0.717) is 28.6 Å². The van der Waals surface area contributed by atoms with Crippen LogP contribution in [0.1, 0.15) is 41.6 Å². The molecule has 90 valence electrons. The van der Waals surface area contributed by atoms with E-state index in [2.05, 4.69) is 0 Å². The number of aryl methyl sites for hydroxylation is 1. The van der Waals surface area contributed by atoms with Crippen LogP contribution >= 0.6 is 11.6 Å². The molecule has 2 fully saturated rings. The van der Waals surface area contributed by atoms with E-state index in [1.165, 1.54) is 25.7 Å². The third-order valence-electron chi connectivity index (χ3n) is 4.42. The Balaban J connectivity index is 1.80. The lowest BCUT2D eigenvalue weighted by Gasteiger charge is -2.04. The highest BCUT2D eigenvalue weighted by atomic mass is 35.5. The number of carbonyl (C=O) groups excluding carboxylic acids is 1. The molecule has 2 saturated carbocycles. The molecule has 0 radical (unpaired) electrons. The van der Waals surface area contributed by atoms with Crippen LogP contribution in [0.2, 0.25) is 5.02 Å². The maximum atomic E-state index is 12.4. The van der Waals surface area contributed by atoms with Crippen LogP contribution in [-0.2, 0) is 0 Å². The number of ketones is 1. The molecule has 0 heterocycles. The maximum absolute atomic E-state index is 12.4. The Morgan fingerprint density at radius 3 is 2.47 bits per heavy atom. The average Bonchev–Trinajstić information content (AvgIpc) is 3.06. The molecule has 0 aliphatic heterocycles. The van der Waals surface area contributed by atoms with Gasteiger partial charge >= 0.3 is 0 Å². The molecule has 17 heavy (non-hydrogen) atoms. The van der Waals surface area contributed by atoms with Gasteiger partial charge in [0.05, 0.1) is 0 Å². The molecule has 2 aliphatic carbocycles. The summed E-state index contributed by atoms with van der Waals surface area (Å²) >= 11 is 6.08. The lowest BCUT2D eigenvalue weighted by atomic mass is 10.0. The van der Waals surface area contributed by atoms with Gasteiger partial charge in [-0.05, 0) is 43.2 Å². The molecule has 1 aromatic carbocycles. The molecule has 2 heteroatoms. The predicted octanol–water partition coefficient (Wildman–Crippen LogP) is 4.27. The van der Waals surface area contributed by atoms with Crippen LogP contribution < -0.4 is 0 Å². The molecule has 0 amide bonds. The summed E-state index contributed by atoms with van der Waals surface area (Å²) in [5.41, 5.74) is 1.84.